The summed E-state index contributed by atoms with van der Waals surface area (Å²) in [6, 6.07) is 5.07. The number of nitrogens with one attached hydrogen (secondary N) is 1. The summed E-state index contributed by atoms with van der Waals surface area (Å²) in [6.45, 7) is 18.2. The van der Waals surface area contributed by atoms with Crippen LogP contribution in [0.4, 0.5) is 5.82 Å². The lowest BCUT2D eigenvalue weighted by Gasteiger charge is -2.34. The third kappa shape index (κ3) is 5.52. The van der Waals surface area contributed by atoms with Crippen LogP contribution in [0.2, 0.25) is 0 Å². The van der Waals surface area contributed by atoms with Gasteiger partial charge in [0, 0.05) is 43.5 Å². The average Bonchev–Trinajstić information content (AvgIpc) is 3.38. The fourth-order valence-electron chi connectivity index (χ4n) is 6.41. The predicted molar refractivity (Wildman–Crippen MR) is 166 cm³/mol. The van der Waals surface area contributed by atoms with Crippen molar-refractivity contribution >= 4 is 35.2 Å². The van der Waals surface area contributed by atoms with Crippen molar-refractivity contribution < 1.29 is 17.9 Å². The first-order valence-electron chi connectivity index (χ1n) is 14.0. The molecule has 0 bridgehead atoms. The van der Waals surface area contributed by atoms with Gasteiger partial charge in [0.2, 0.25) is 5.88 Å². The fourth-order valence-corrected chi connectivity index (χ4v) is 7.60. The van der Waals surface area contributed by atoms with Gasteiger partial charge in [-0.2, -0.15) is 18.6 Å². The number of rotatable bonds is 8. The molecule has 11 nitrogen and oxygen atoms in total. The van der Waals surface area contributed by atoms with Gasteiger partial charge in [-0.25, -0.2) is 22.8 Å². The highest BCUT2D eigenvalue weighted by Crippen LogP contribution is 2.68. The highest BCUT2D eigenvalue weighted by Gasteiger charge is 2.64. The number of sulfonamides is 1. The van der Waals surface area contributed by atoms with Crippen LogP contribution < -0.4 is 14.4 Å². The number of aryl methyl sites for hydroxylation is 2. The molecule has 1 atom stereocenters. The van der Waals surface area contributed by atoms with E-state index in [1.54, 1.807) is 43.0 Å². The molecule has 42 heavy (non-hydrogen) atoms. The Labute approximate surface area is 255 Å². The number of carbonyl (C=O) groups is 1. The van der Waals surface area contributed by atoms with Crippen molar-refractivity contribution in [2.45, 2.75) is 72.2 Å². The average molecular weight is 618 g/mol. The Kier molecular flexibility index (Phi) is 8.03. The Morgan fingerprint density at radius 3 is 2.31 bits per heavy atom. The Bertz CT molecular complexity index is 1590. The van der Waals surface area contributed by atoms with Gasteiger partial charge < -0.3 is 9.64 Å². The molecule has 1 aliphatic carbocycles. The highest BCUT2D eigenvalue weighted by molar-refractivity contribution is 7.90. The number of hydrogen-bond donors (Lipinski definition) is 1. The molecule has 1 aliphatic heterocycles. The molecule has 0 aromatic carbocycles. The van der Waals surface area contributed by atoms with Crippen LogP contribution in [-0.4, -0.2) is 57.6 Å². The minimum absolute atomic E-state index is 0. The molecule has 2 fully saturated rings. The van der Waals surface area contributed by atoms with Gasteiger partial charge in [0.15, 0.2) is 5.82 Å². The second-order valence-electron chi connectivity index (χ2n) is 13.4. The maximum absolute atomic E-state index is 13.5. The van der Waals surface area contributed by atoms with Crippen molar-refractivity contribution in [1.82, 2.24) is 29.3 Å². The molecule has 3 aromatic heterocycles. The molecule has 1 saturated heterocycles. The highest BCUT2D eigenvalue weighted by atomic mass is 32.2. The van der Waals surface area contributed by atoms with E-state index >= 15 is 0 Å². The van der Waals surface area contributed by atoms with Gasteiger partial charge in [-0.1, -0.05) is 34.6 Å². The van der Waals surface area contributed by atoms with Crippen LogP contribution >= 0.6 is 13.5 Å². The lowest BCUT2D eigenvalue weighted by Crippen LogP contribution is -2.41. The number of hydrogen-bond acceptors (Lipinski definition) is 8. The zero-order chi connectivity index (χ0) is 30.1. The van der Waals surface area contributed by atoms with Crippen LogP contribution in [0.1, 0.15) is 70.9 Å². The smallest absolute Gasteiger partial charge is 0.268 e. The number of carbonyl (C=O) groups excluding carboxylic acids is 1. The van der Waals surface area contributed by atoms with E-state index in [2.05, 4.69) is 68.3 Å². The minimum Gasteiger partial charge on any atom is -0.476 e. The third-order valence-electron chi connectivity index (χ3n) is 9.44. The summed E-state index contributed by atoms with van der Waals surface area (Å²) in [4.78, 5) is 20.4. The summed E-state index contributed by atoms with van der Waals surface area (Å²) in [7, 11) is -2.52. The molecule has 0 spiro atoms. The van der Waals surface area contributed by atoms with E-state index < -0.39 is 15.9 Å². The predicted octanol–water partition coefficient (Wildman–Crippen LogP) is 4.23. The van der Waals surface area contributed by atoms with Crippen LogP contribution in [0.25, 0.3) is 5.82 Å². The summed E-state index contributed by atoms with van der Waals surface area (Å²) in [5.41, 5.74) is 0.613. The fraction of sp³-hybridized carbons (Fsp3) is 0.586. The zero-order valence-electron chi connectivity index (χ0n) is 25.9. The van der Waals surface area contributed by atoms with Crippen molar-refractivity contribution in [3.63, 3.8) is 0 Å². The molecule has 5 rings (SSSR count). The first-order chi connectivity index (χ1) is 18.9. The molecule has 3 aromatic rings. The second-order valence-corrected chi connectivity index (χ2v) is 15.0. The zero-order valence-corrected chi connectivity index (χ0v) is 27.7. The molecular formula is C29H43N7O4S2. The molecule has 4 heterocycles. The van der Waals surface area contributed by atoms with Gasteiger partial charge in [0.05, 0.1) is 17.9 Å². The number of anilines is 1. The Morgan fingerprint density at radius 1 is 1.10 bits per heavy atom. The SMILES string of the molecule is Cc1nn(C)cc1S(=O)(=O)NC(=O)c1ccc(-n2ccc(OCC3C(C)(C)C3(C)C)n2)nc1N1C[C@@H](C)CC1(C)C.S. The van der Waals surface area contributed by atoms with E-state index in [-0.39, 0.29) is 40.3 Å². The van der Waals surface area contributed by atoms with Gasteiger partial charge in [0.25, 0.3) is 15.9 Å². The van der Waals surface area contributed by atoms with Crippen molar-refractivity contribution in [3.8, 4) is 11.7 Å². The van der Waals surface area contributed by atoms with Crippen LogP contribution in [0, 0.1) is 29.6 Å². The quantitative estimate of drug-likeness (QED) is 0.398. The molecular weight excluding hydrogens is 574 g/mol. The minimum atomic E-state index is -4.14. The van der Waals surface area contributed by atoms with Crippen LogP contribution in [0.3, 0.4) is 0 Å². The first kappa shape index (κ1) is 31.9. The molecule has 0 unspecified atom stereocenters. The standard InChI is InChI=1S/C29H41N7O4S.H2S/c1-18-14-27(3,4)35(15-18)25-20(26(37)33-41(38,39)21-16-34(9)31-19(21)2)10-11-23(30-25)36-13-12-24(32-36)40-17-22-28(5,6)29(22,7)8;/h10-13,16,18,22H,14-15,17H2,1-9H3,(H,33,37);1H2/t18-;/m0./s1. The molecule has 2 aliphatic rings. The van der Waals surface area contributed by atoms with E-state index in [1.165, 1.54) is 10.9 Å². The van der Waals surface area contributed by atoms with Crippen molar-refractivity contribution in [2.24, 2.45) is 29.7 Å². The van der Waals surface area contributed by atoms with Gasteiger partial charge in [-0.05, 0) is 56.1 Å². The Balaban J connectivity index is 0.00000405. The normalized spacial score (nSPS) is 20.7. The van der Waals surface area contributed by atoms with E-state index in [4.69, 9.17) is 9.72 Å². The first-order valence-corrected chi connectivity index (χ1v) is 15.5. The van der Waals surface area contributed by atoms with E-state index in [0.717, 1.165) is 6.42 Å². The topological polar surface area (TPSA) is 124 Å². The van der Waals surface area contributed by atoms with E-state index in [1.807, 2.05) is 0 Å². The van der Waals surface area contributed by atoms with Gasteiger partial charge in [0.1, 0.15) is 10.7 Å². The lowest BCUT2D eigenvalue weighted by molar-refractivity contribution is 0.0981. The largest absolute Gasteiger partial charge is 0.476 e. The second kappa shape index (κ2) is 10.6. The van der Waals surface area contributed by atoms with Gasteiger partial charge in [-0.3, -0.25) is 9.48 Å². The lowest BCUT2D eigenvalue weighted by atomic mass is 9.97. The number of ether oxygens (including phenoxy) is 1. The number of amides is 1. The number of nitrogens with zero attached hydrogens (tertiary/aromatic N) is 6. The Morgan fingerprint density at radius 2 is 1.76 bits per heavy atom. The summed E-state index contributed by atoms with van der Waals surface area (Å²) in [5, 5.41) is 8.69. The summed E-state index contributed by atoms with van der Waals surface area (Å²) in [6.07, 6.45) is 4.06. The van der Waals surface area contributed by atoms with Crippen LogP contribution in [0.15, 0.2) is 35.5 Å². The van der Waals surface area contributed by atoms with Gasteiger partial charge >= 0.3 is 0 Å². The van der Waals surface area contributed by atoms with E-state index in [9.17, 15) is 13.2 Å². The van der Waals surface area contributed by atoms with Crippen molar-refractivity contribution in [3.05, 3.63) is 41.9 Å². The third-order valence-corrected chi connectivity index (χ3v) is 10.9. The van der Waals surface area contributed by atoms with Crippen LogP contribution in [-0.2, 0) is 17.1 Å². The van der Waals surface area contributed by atoms with Gasteiger partial charge in [-0.15, -0.1) is 5.10 Å². The summed E-state index contributed by atoms with van der Waals surface area (Å²) in [5.74, 6) is 1.47. The maximum Gasteiger partial charge on any atom is 0.268 e. The maximum atomic E-state index is 13.5. The molecule has 13 heteroatoms. The Hall–Kier alpha value is -3.06. The molecule has 1 amide bonds. The van der Waals surface area contributed by atoms with Crippen LogP contribution in [0.5, 0.6) is 5.88 Å². The molecule has 1 N–H and O–H groups in total. The molecule has 1 saturated carbocycles. The van der Waals surface area contributed by atoms with E-state index in [0.29, 0.717) is 48.2 Å². The monoisotopic (exact) mass is 617 g/mol. The number of aromatic nitrogens is 5. The molecule has 230 valence electrons. The number of pyridine rings is 1. The van der Waals surface area contributed by atoms with Crippen molar-refractivity contribution in [2.75, 3.05) is 18.1 Å². The van der Waals surface area contributed by atoms with Crippen molar-refractivity contribution in [1.29, 1.82) is 0 Å². The summed E-state index contributed by atoms with van der Waals surface area (Å²) < 4.78 is 37.5. The summed E-state index contributed by atoms with van der Waals surface area (Å²) >= 11 is 0. The molecule has 0 radical (unpaired) electrons.